The molecule has 7 heterocycles. The van der Waals surface area contributed by atoms with Gasteiger partial charge in [0, 0.05) is 68.5 Å². The summed E-state index contributed by atoms with van der Waals surface area (Å²) in [4.78, 5) is 24.8. The summed E-state index contributed by atoms with van der Waals surface area (Å²) in [5.41, 5.74) is 9.38. The van der Waals surface area contributed by atoms with Crippen LogP contribution in [0.25, 0.3) is 54.4 Å². The second-order valence-electron chi connectivity index (χ2n) is 12.5. The van der Waals surface area contributed by atoms with Gasteiger partial charge in [0.1, 0.15) is 6.33 Å². The molecule has 10 heteroatoms. The normalized spacial score (nSPS) is 10.3. The molecule has 0 saturated carbocycles. The van der Waals surface area contributed by atoms with Crippen LogP contribution in [0.15, 0.2) is 153 Å². The Morgan fingerprint density at radius 3 is 1.64 bits per heavy atom. The lowest BCUT2D eigenvalue weighted by atomic mass is 10.1. The molecule has 0 aliphatic heterocycles. The lowest BCUT2D eigenvalue weighted by molar-refractivity contribution is 1.00. The van der Waals surface area contributed by atoms with Gasteiger partial charge in [-0.15, -0.1) is 0 Å². The molecule has 0 aliphatic carbocycles. The van der Waals surface area contributed by atoms with Crippen LogP contribution < -0.4 is 0 Å². The van der Waals surface area contributed by atoms with E-state index >= 15 is 0 Å². The Labute approximate surface area is 319 Å². The van der Waals surface area contributed by atoms with Crippen molar-refractivity contribution in [1.29, 1.82) is 0 Å². The fourth-order valence-electron chi connectivity index (χ4n) is 5.74. The summed E-state index contributed by atoms with van der Waals surface area (Å²) < 4.78 is 0. The predicted octanol–water partition coefficient (Wildman–Crippen LogP) is 9.69. The van der Waals surface area contributed by atoms with Gasteiger partial charge in [0.25, 0.3) is 0 Å². The molecule has 0 radical (unpaired) electrons. The van der Waals surface area contributed by atoms with Crippen molar-refractivity contribution in [2.75, 3.05) is 0 Å². The van der Waals surface area contributed by atoms with Crippen LogP contribution in [0.1, 0.15) is 28.2 Å². The second kappa shape index (κ2) is 18.5. The molecule has 0 saturated heterocycles. The van der Waals surface area contributed by atoms with Gasteiger partial charge in [0.15, 0.2) is 0 Å². The van der Waals surface area contributed by atoms with Gasteiger partial charge in [-0.1, -0.05) is 66.7 Å². The van der Waals surface area contributed by atoms with E-state index in [1.807, 2.05) is 126 Å². The molecule has 0 amide bonds. The van der Waals surface area contributed by atoms with E-state index in [0.29, 0.717) is 0 Å². The number of para-hydroxylation sites is 1. The zero-order valence-electron chi connectivity index (χ0n) is 31.4. The summed E-state index contributed by atoms with van der Waals surface area (Å²) in [6.45, 7) is 10.0. The molecule has 0 fully saturated rings. The highest BCUT2D eigenvalue weighted by Gasteiger charge is 1.98. The first-order chi connectivity index (χ1) is 26.9. The van der Waals surface area contributed by atoms with Gasteiger partial charge in [-0.3, -0.25) is 19.9 Å². The van der Waals surface area contributed by atoms with Crippen LogP contribution in [-0.4, -0.2) is 50.3 Å². The minimum absolute atomic E-state index is 0.965. The molecule has 0 bridgehead atoms. The maximum Gasteiger partial charge on any atom is 0.116 e. The first-order valence-electron chi connectivity index (χ1n) is 17.7. The molecule has 0 aliphatic rings. The third-order valence-electron chi connectivity index (χ3n) is 8.70. The quantitative estimate of drug-likeness (QED) is 0.149. The number of nitrogens with zero attached hydrogens (tertiary/aromatic N) is 10. The topological polar surface area (TPSA) is 129 Å². The number of rotatable bonds is 0. The number of hydrogen-bond acceptors (Lipinski definition) is 10. The molecule has 270 valence electrons. The van der Waals surface area contributed by atoms with E-state index in [9.17, 15) is 0 Å². The fourth-order valence-corrected chi connectivity index (χ4v) is 5.74. The molecular formula is C45H40N10. The zero-order chi connectivity index (χ0) is 38.4. The van der Waals surface area contributed by atoms with E-state index in [-0.39, 0.29) is 0 Å². The first kappa shape index (κ1) is 37.6. The minimum Gasteiger partial charge on any atom is -0.262 e. The number of aryl methyl sites for hydroxylation is 5. The van der Waals surface area contributed by atoms with Gasteiger partial charge in [-0.05, 0) is 82.1 Å². The van der Waals surface area contributed by atoms with Crippen LogP contribution in [0.5, 0.6) is 0 Å². The summed E-state index contributed by atoms with van der Waals surface area (Å²) >= 11 is 0. The third kappa shape index (κ3) is 9.82. The van der Waals surface area contributed by atoms with E-state index in [1.54, 1.807) is 43.5 Å². The molecular weight excluding hydrogens is 681 g/mol. The minimum atomic E-state index is 0.965. The fraction of sp³-hybridized carbons (Fsp3) is 0.111. The predicted molar refractivity (Wildman–Crippen MR) is 221 cm³/mol. The van der Waals surface area contributed by atoms with Crippen LogP contribution in [-0.2, 0) is 0 Å². The summed E-state index contributed by atoms with van der Waals surface area (Å²) in [5, 5.41) is 22.6. The van der Waals surface area contributed by atoms with Crippen LogP contribution in [0.4, 0.5) is 0 Å². The van der Waals surface area contributed by atoms with Crippen molar-refractivity contribution >= 4 is 54.4 Å². The lowest BCUT2D eigenvalue weighted by Gasteiger charge is -1.97. The summed E-state index contributed by atoms with van der Waals surface area (Å²) in [6.07, 6.45) is 14.1. The summed E-state index contributed by atoms with van der Waals surface area (Å²) in [5.74, 6) is 0. The molecule has 0 atom stereocenters. The van der Waals surface area contributed by atoms with Gasteiger partial charge in [-0.25, -0.2) is 9.97 Å². The van der Waals surface area contributed by atoms with Crippen LogP contribution in [0.3, 0.4) is 0 Å². The van der Waals surface area contributed by atoms with E-state index in [1.165, 1.54) is 27.3 Å². The molecule has 3 aromatic carbocycles. The SMILES string of the molecule is Cc1cncc2ncccc12.Cc1cnnc2ccccc12.Cc1nccc2ncccc12.Cc1ncnc2ccccc12.Cc1nncc2ccccc12. The monoisotopic (exact) mass is 720 g/mol. The van der Waals surface area contributed by atoms with Crippen molar-refractivity contribution < 1.29 is 0 Å². The summed E-state index contributed by atoms with van der Waals surface area (Å²) in [7, 11) is 0. The molecule has 7 aromatic heterocycles. The third-order valence-corrected chi connectivity index (χ3v) is 8.70. The van der Waals surface area contributed by atoms with Gasteiger partial charge in [0.2, 0.25) is 0 Å². The lowest BCUT2D eigenvalue weighted by Crippen LogP contribution is -1.86. The average molecular weight is 721 g/mol. The standard InChI is InChI=1S/5C9H8N2/c1-7-8-3-2-5-11-9(8)4-6-10-7;1-7-5-10-6-9-8(7)3-2-4-11-9;1-7-8-4-2-3-5-9(8)11-6-10-7;1-7-9-5-3-2-4-8(9)6-10-11-7;1-7-6-10-11-9-5-3-2-4-8(7)9/h5*2-6H,1H3. The number of fused-ring (bicyclic) bond motifs is 5. The highest BCUT2D eigenvalue weighted by molar-refractivity contribution is 5.84. The second-order valence-corrected chi connectivity index (χ2v) is 12.5. The van der Waals surface area contributed by atoms with Gasteiger partial charge < -0.3 is 0 Å². The Bertz CT molecular complexity index is 2330. The van der Waals surface area contributed by atoms with Gasteiger partial charge in [-0.2, -0.15) is 20.4 Å². The molecule has 0 N–H and O–H groups in total. The first-order valence-corrected chi connectivity index (χ1v) is 17.7. The van der Waals surface area contributed by atoms with Crippen molar-refractivity contribution in [3.8, 4) is 0 Å². The largest absolute Gasteiger partial charge is 0.262 e. The smallest absolute Gasteiger partial charge is 0.116 e. The van der Waals surface area contributed by atoms with Crippen molar-refractivity contribution in [1.82, 2.24) is 50.3 Å². The Kier molecular flexibility index (Phi) is 12.6. The molecule has 10 rings (SSSR count). The highest BCUT2D eigenvalue weighted by atomic mass is 15.1. The highest BCUT2D eigenvalue weighted by Crippen LogP contribution is 2.16. The number of hydrogen-bond donors (Lipinski definition) is 0. The van der Waals surface area contributed by atoms with E-state index in [0.717, 1.165) is 55.3 Å². The molecule has 0 spiro atoms. The van der Waals surface area contributed by atoms with Crippen molar-refractivity contribution in [3.05, 3.63) is 181 Å². The van der Waals surface area contributed by atoms with Gasteiger partial charge >= 0.3 is 0 Å². The van der Waals surface area contributed by atoms with Crippen molar-refractivity contribution in [2.45, 2.75) is 34.6 Å². The number of pyridine rings is 4. The van der Waals surface area contributed by atoms with E-state index in [4.69, 9.17) is 0 Å². The maximum atomic E-state index is 4.20. The van der Waals surface area contributed by atoms with E-state index in [2.05, 4.69) is 68.5 Å². The Morgan fingerprint density at radius 1 is 0.345 bits per heavy atom. The van der Waals surface area contributed by atoms with Crippen molar-refractivity contribution in [3.63, 3.8) is 0 Å². The number of benzene rings is 3. The Morgan fingerprint density at radius 2 is 0.909 bits per heavy atom. The summed E-state index contributed by atoms with van der Waals surface area (Å²) in [6, 6.07) is 34.0. The molecule has 10 aromatic rings. The van der Waals surface area contributed by atoms with E-state index < -0.39 is 0 Å². The molecule has 0 unspecified atom stereocenters. The zero-order valence-corrected chi connectivity index (χ0v) is 31.4. The maximum absolute atomic E-state index is 4.20. The van der Waals surface area contributed by atoms with Crippen LogP contribution in [0.2, 0.25) is 0 Å². The average Bonchev–Trinajstić information content (AvgIpc) is 3.23. The van der Waals surface area contributed by atoms with Crippen LogP contribution in [0, 0.1) is 34.6 Å². The molecule has 55 heavy (non-hydrogen) atoms. The Hall–Kier alpha value is -7.20. The van der Waals surface area contributed by atoms with Crippen LogP contribution >= 0.6 is 0 Å². The number of aromatic nitrogens is 10. The molecule has 10 nitrogen and oxygen atoms in total. The van der Waals surface area contributed by atoms with Gasteiger partial charge in [0.05, 0.1) is 46.4 Å². The van der Waals surface area contributed by atoms with Crippen molar-refractivity contribution in [2.24, 2.45) is 0 Å². The Balaban J connectivity index is 0.000000117.